The van der Waals surface area contributed by atoms with Gasteiger partial charge >= 0.3 is 7.12 Å². The first-order chi connectivity index (χ1) is 7.58. The van der Waals surface area contributed by atoms with E-state index in [1.165, 1.54) is 4.68 Å². The zero-order valence-corrected chi connectivity index (χ0v) is 9.12. The summed E-state index contributed by atoms with van der Waals surface area (Å²) in [5, 5.41) is 22.6. The molecule has 0 saturated heterocycles. The van der Waals surface area contributed by atoms with Gasteiger partial charge in [-0.1, -0.05) is 6.07 Å². The van der Waals surface area contributed by atoms with Crippen molar-refractivity contribution in [2.24, 2.45) is 7.05 Å². The molecule has 2 rings (SSSR count). The van der Waals surface area contributed by atoms with Gasteiger partial charge in [0.15, 0.2) is 0 Å². The molecule has 0 saturated carbocycles. The summed E-state index contributed by atoms with van der Waals surface area (Å²) in [7, 11) is 0.191. The van der Waals surface area contributed by atoms with Crippen molar-refractivity contribution >= 4 is 12.6 Å². The lowest BCUT2D eigenvalue weighted by Gasteiger charge is -2.01. The largest absolute Gasteiger partial charge is 0.492 e. The molecule has 2 aromatic heterocycles. The molecule has 5 nitrogen and oxygen atoms in total. The van der Waals surface area contributed by atoms with Crippen molar-refractivity contribution in [1.29, 1.82) is 0 Å². The van der Waals surface area contributed by atoms with Crippen LogP contribution in [-0.2, 0) is 7.05 Å². The minimum Gasteiger partial charge on any atom is -0.423 e. The average Bonchev–Trinajstić information content (AvgIpc) is 2.60. The molecule has 2 N–H and O–H groups in total. The van der Waals surface area contributed by atoms with Crippen molar-refractivity contribution in [2.75, 3.05) is 0 Å². The molecule has 0 unspecified atom stereocenters. The Kier molecular flexibility index (Phi) is 2.76. The molecule has 82 valence electrons. The standard InChI is InChI=1S/C10H12BN3O2/c1-7-4-3-5-9(12-7)10-8(11(15)16)6-14(2)13-10/h3-6,15-16H,1-2H3. The average molecular weight is 217 g/mol. The van der Waals surface area contributed by atoms with Gasteiger partial charge in [-0.05, 0) is 19.1 Å². The van der Waals surface area contributed by atoms with Crippen LogP contribution in [0.2, 0.25) is 0 Å². The van der Waals surface area contributed by atoms with Gasteiger partial charge in [0, 0.05) is 24.4 Å². The number of hydrogen-bond donors (Lipinski definition) is 2. The second kappa shape index (κ2) is 4.07. The van der Waals surface area contributed by atoms with Crippen LogP contribution in [0.1, 0.15) is 5.69 Å². The van der Waals surface area contributed by atoms with Gasteiger partial charge in [0.2, 0.25) is 0 Å². The van der Waals surface area contributed by atoms with Gasteiger partial charge in [0.25, 0.3) is 0 Å². The van der Waals surface area contributed by atoms with E-state index in [0.717, 1.165) is 5.69 Å². The molecule has 0 aliphatic rings. The van der Waals surface area contributed by atoms with Crippen LogP contribution in [-0.4, -0.2) is 31.9 Å². The number of aryl methyl sites for hydroxylation is 2. The Bertz CT molecular complexity index is 511. The lowest BCUT2D eigenvalue weighted by atomic mass is 9.80. The summed E-state index contributed by atoms with van der Waals surface area (Å²) >= 11 is 0. The lowest BCUT2D eigenvalue weighted by Crippen LogP contribution is -2.30. The monoisotopic (exact) mass is 217 g/mol. The minimum atomic E-state index is -1.54. The van der Waals surface area contributed by atoms with Gasteiger partial charge in [-0.15, -0.1) is 0 Å². The summed E-state index contributed by atoms with van der Waals surface area (Å²) in [4.78, 5) is 4.30. The van der Waals surface area contributed by atoms with Crippen LogP contribution in [0.15, 0.2) is 24.4 Å². The molecular weight excluding hydrogens is 205 g/mol. The Morgan fingerprint density at radius 1 is 1.31 bits per heavy atom. The third-order valence-electron chi connectivity index (χ3n) is 2.27. The SMILES string of the molecule is Cc1cccc(-c2nn(C)cc2B(O)O)n1. The van der Waals surface area contributed by atoms with E-state index in [2.05, 4.69) is 10.1 Å². The van der Waals surface area contributed by atoms with Gasteiger partial charge in [0.05, 0.1) is 5.69 Å². The summed E-state index contributed by atoms with van der Waals surface area (Å²) in [5.74, 6) is 0. The zero-order valence-electron chi connectivity index (χ0n) is 9.12. The Hall–Kier alpha value is -1.66. The van der Waals surface area contributed by atoms with Gasteiger partial charge in [-0.25, -0.2) is 0 Å². The summed E-state index contributed by atoms with van der Waals surface area (Å²) in [5.41, 5.74) is 2.37. The van der Waals surface area contributed by atoms with E-state index >= 15 is 0 Å². The molecule has 16 heavy (non-hydrogen) atoms. The van der Waals surface area contributed by atoms with Gasteiger partial charge < -0.3 is 10.0 Å². The van der Waals surface area contributed by atoms with E-state index in [4.69, 9.17) is 0 Å². The smallest absolute Gasteiger partial charge is 0.423 e. The highest BCUT2D eigenvalue weighted by Crippen LogP contribution is 2.12. The topological polar surface area (TPSA) is 71.2 Å². The van der Waals surface area contributed by atoms with Crippen LogP contribution in [0, 0.1) is 6.92 Å². The predicted octanol–water partition coefficient (Wildman–Crippen LogP) is -0.530. The number of pyridine rings is 1. The molecular formula is C10H12BN3O2. The van der Waals surface area contributed by atoms with Gasteiger partial charge in [0.1, 0.15) is 5.69 Å². The van der Waals surface area contributed by atoms with Gasteiger partial charge in [-0.3, -0.25) is 9.67 Å². The van der Waals surface area contributed by atoms with Crippen molar-refractivity contribution in [2.45, 2.75) is 6.92 Å². The summed E-state index contributed by atoms with van der Waals surface area (Å²) in [6.07, 6.45) is 1.57. The van der Waals surface area contributed by atoms with Crippen LogP contribution in [0.4, 0.5) is 0 Å². The molecule has 0 radical (unpaired) electrons. The van der Waals surface area contributed by atoms with Crippen molar-refractivity contribution in [3.8, 4) is 11.4 Å². The van der Waals surface area contributed by atoms with Crippen LogP contribution < -0.4 is 5.46 Å². The number of nitrogens with zero attached hydrogens (tertiary/aromatic N) is 3. The zero-order chi connectivity index (χ0) is 11.7. The molecule has 0 atom stereocenters. The van der Waals surface area contributed by atoms with Crippen LogP contribution in [0.25, 0.3) is 11.4 Å². The Morgan fingerprint density at radius 3 is 2.69 bits per heavy atom. The minimum absolute atomic E-state index is 0.362. The van der Waals surface area contributed by atoms with E-state index in [1.54, 1.807) is 19.3 Å². The van der Waals surface area contributed by atoms with E-state index in [9.17, 15) is 10.0 Å². The Morgan fingerprint density at radius 2 is 2.06 bits per heavy atom. The fraction of sp³-hybridized carbons (Fsp3) is 0.200. The first-order valence-electron chi connectivity index (χ1n) is 4.91. The van der Waals surface area contributed by atoms with E-state index < -0.39 is 7.12 Å². The van der Waals surface area contributed by atoms with Crippen LogP contribution >= 0.6 is 0 Å². The maximum Gasteiger partial charge on any atom is 0.492 e. The molecule has 0 fully saturated rings. The van der Waals surface area contributed by atoms with Crippen molar-refractivity contribution in [1.82, 2.24) is 14.8 Å². The fourth-order valence-corrected chi connectivity index (χ4v) is 1.57. The van der Waals surface area contributed by atoms with Gasteiger partial charge in [-0.2, -0.15) is 5.10 Å². The van der Waals surface area contributed by atoms with Crippen LogP contribution in [0.3, 0.4) is 0 Å². The second-order valence-corrected chi connectivity index (χ2v) is 3.64. The molecule has 0 aliphatic carbocycles. The maximum atomic E-state index is 9.22. The molecule has 2 heterocycles. The third kappa shape index (κ3) is 1.98. The molecule has 0 bridgehead atoms. The van der Waals surface area contributed by atoms with Crippen LogP contribution in [0.5, 0.6) is 0 Å². The maximum absolute atomic E-state index is 9.22. The number of hydrogen-bond acceptors (Lipinski definition) is 4. The van der Waals surface area contributed by atoms with E-state index in [1.807, 2.05) is 19.1 Å². The Labute approximate surface area is 93.5 Å². The molecule has 0 amide bonds. The second-order valence-electron chi connectivity index (χ2n) is 3.64. The summed E-state index contributed by atoms with van der Waals surface area (Å²) in [6.45, 7) is 1.88. The number of rotatable bonds is 2. The number of aromatic nitrogens is 3. The van der Waals surface area contributed by atoms with E-state index in [-0.39, 0.29) is 0 Å². The molecule has 6 heteroatoms. The highest BCUT2D eigenvalue weighted by molar-refractivity contribution is 6.60. The van der Waals surface area contributed by atoms with Crippen molar-refractivity contribution in [3.63, 3.8) is 0 Å². The first-order valence-corrected chi connectivity index (χ1v) is 4.91. The highest BCUT2D eigenvalue weighted by atomic mass is 16.4. The fourth-order valence-electron chi connectivity index (χ4n) is 1.57. The summed E-state index contributed by atoms with van der Waals surface area (Å²) < 4.78 is 1.54. The lowest BCUT2D eigenvalue weighted by molar-refractivity contribution is 0.426. The third-order valence-corrected chi connectivity index (χ3v) is 2.27. The predicted molar refractivity (Wildman–Crippen MR) is 61.0 cm³/mol. The van der Waals surface area contributed by atoms with Crippen molar-refractivity contribution < 1.29 is 10.0 Å². The van der Waals surface area contributed by atoms with Crippen molar-refractivity contribution in [3.05, 3.63) is 30.1 Å². The Balaban J connectivity index is 2.55. The molecule has 2 aromatic rings. The summed E-state index contributed by atoms with van der Waals surface area (Å²) in [6, 6.07) is 5.53. The normalized spacial score (nSPS) is 10.5. The molecule has 0 aliphatic heterocycles. The first kappa shape index (κ1) is 10.8. The highest BCUT2D eigenvalue weighted by Gasteiger charge is 2.21. The molecule has 0 aromatic carbocycles. The molecule has 0 spiro atoms. The quantitative estimate of drug-likeness (QED) is 0.663. The van der Waals surface area contributed by atoms with E-state index in [0.29, 0.717) is 16.9 Å².